The van der Waals surface area contributed by atoms with Crippen LogP contribution in [0.15, 0.2) is 0 Å². The Morgan fingerprint density at radius 2 is 1.89 bits per heavy atom. The smallest absolute Gasteiger partial charge is 0.315 e. The third-order valence-electron chi connectivity index (χ3n) is 2.73. The van der Waals surface area contributed by atoms with Gasteiger partial charge in [0.25, 0.3) is 0 Å². The van der Waals surface area contributed by atoms with Crippen LogP contribution >= 0.6 is 11.8 Å². The largest absolute Gasteiger partial charge is 0.481 e. The molecule has 0 saturated carbocycles. The Labute approximate surface area is 119 Å². The summed E-state index contributed by atoms with van der Waals surface area (Å²) in [5.41, 5.74) is -0.499. The zero-order chi connectivity index (χ0) is 14.7. The van der Waals surface area contributed by atoms with Gasteiger partial charge in [0, 0.05) is 18.5 Å². The van der Waals surface area contributed by atoms with E-state index >= 15 is 0 Å². The van der Waals surface area contributed by atoms with Crippen molar-refractivity contribution in [2.45, 2.75) is 51.5 Å². The normalized spacial score (nSPS) is 11.1. The van der Waals surface area contributed by atoms with Gasteiger partial charge in [-0.3, -0.25) is 4.79 Å². The highest BCUT2D eigenvalue weighted by Gasteiger charge is 2.21. The fourth-order valence-corrected chi connectivity index (χ4v) is 2.08. The molecule has 3 N–H and O–H groups in total. The van der Waals surface area contributed by atoms with Gasteiger partial charge in [0.15, 0.2) is 0 Å². The van der Waals surface area contributed by atoms with Crippen LogP contribution in [0.1, 0.15) is 46.0 Å². The maximum Gasteiger partial charge on any atom is 0.315 e. The van der Waals surface area contributed by atoms with Gasteiger partial charge in [0.05, 0.1) is 0 Å². The van der Waals surface area contributed by atoms with Crippen LogP contribution in [0.5, 0.6) is 0 Å². The lowest BCUT2D eigenvalue weighted by molar-refractivity contribution is -0.137. The first-order valence-corrected chi connectivity index (χ1v) is 8.03. The van der Waals surface area contributed by atoms with Crippen molar-refractivity contribution >= 4 is 23.8 Å². The van der Waals surface area contributed by atoms with E-state index in [0.29, 0.717) is 13.0 Å². The summed E-state index contributed by atoms with van der Waals surface area (Å²) in [7, 11) is 0. The lowest BCUT2D eigenvalue weighted by atomic mass is 9.99. The van der Waals surface area contributed by atoms with Crippen molar-refractivity contribution in [3.63, 3.8) is 0 Å². The van der Waals surface area contributed by atoms with E-state index < -0.39 is 11.5 Å². The Kier molecular flexibility index (Phi) is 9.47. The molecular weight excluding hydrogens is 264 g/mol. The molecule has 19 heavy (non-hydrogen) atoms. The van der Waals surface area contributed by atoms with Gasteiger partial charge < -0.3 is 15.7 Å². The number of aliphatic carboxylic acids is 1. The molecule has 6 heteroatoms. The number of thioether (sulfide) groups is 1. The first-order valence-electron chi connectivity index (χ1n) is 6.64. The van der Waals surface area contributed by atoms with Crippen LogP contribution in [0.3, 0.4) is 0 Å². The van der Waals surface area contributed by atoms with Gasteiger partial charge in [0.2, 0.25) is 0 Å². The minimum Gasteiger partial charge on any atom is -0.481 e. The molecule has 5 nitrogen and oxygen atoms in total. The highest BCUT2D eigenvalue weighted by molar-refractivity contribution is 7.98. The molecule has 0 aliphatic heterocycles. The topological polar surface area (TPSA) is 78.4 Å². The summed E-state index contributed by atoms with van der Waals surface area (Å²) in [6, 6.07) is -0.222. The lowest BCUT2D eigenvalue weighted by Crippen LogP contribution is -2.48. The summed E-state index contributed by atoms with van der Waals surface area (Å²) >= 11 is 1.83. The second kappa shape index (κ2) is 9.95. The van der Waals surface area contributed by atoms with Crippen molar-refractivity contribution in [2.24, 2.45) is 0 Å². The van der Waals surface area contributed by atoms with Gasteiger partial charge in [-0.2, -0.15) is 11.8 Å². The van der Waals surface area contributed by atoms with Gasteiger partial charge in [0.1, 0.15) is 0 Å². The van der Waals surface area contributed by atoms with Crippen molar-refractivity contribution in [3.8, 4) is 0 Å². The van der Waals surface area contributed by atoms with Crippen molar-refractivity contribution in [1.82, 2.24) is 10.6 Å². The van der Waals surface area contributed by atoms with Crippen LogP contribution in [0.4, 0.5) is 4.79 Å². The summed E-state index contributed by atoms with van der Waals surface area (Å²) in [5, 5.41) is 14.2. The molecule has 0 aromatic heterocycles. The van der Waals surface area contributed by atoms with Crippen molar-refractivity contribution in [2.75, 3.05) is 18.6 Å². The highest BCUT2D eigenvalue weighted by Crippen LogP contribution is 2.10. The number of urea groups is 1. The van der Waals surface area contributed by atoms with E-state index in [0.717, 1.165) is 18.6 Å². The number of amides is 2. The molecule has 0 spiro atoms. The zero-order valence-corrected chi connectivity index (χ0v) is 12.9. The summed E-state index contributed by atoms with van der Waals surface area (Å²) in [6.07, 6.45) is 5.83. The molecule has 0 heterocycles. The first-order chi connectivity index (χ1) is 8.87. The molecule has 0 aliphatic rings. The number of unbranched alkanes of at least 4 members (excludes halogenated alkanes) is 2. The molecule has 0 aliphatic carbocycles. The molecule has 0 bridgehead atoms. The quantitative estimate of drug-likeness (QED) is 0.540. The van der Waals surface area contributed by atoms with Gasteiger partial charge >= 0.3 is 12.0 Å². The van der Waals surface area contributed by atoms with E-state index in [1.165, 1.54) is 6.42 Å². The standard InChI is InChI=1S/C13H26N2O3S/c1-13(2,8-7-11(16)17)15-12(18)14-9-5-4-6-10-19-3/h4-10H2,1-3H3,(H,16,17)(H2,14,15,18). The maximum absolute atomic E-state index is 11.6. The van der Waals surface area contributed by atoms with Crippen LogP contribution in [0.2, 0.25) is 0 Å². The number of hydrogen-bond donors (Lipinski definition) is 3. The Morgan fingerprint density at radius 3 is 2.47 bits per heavy atom. The van der Waals surface area contributed by atoms with Crippen molar-refractivity contribution < 1.29 is 14.7 Å². The molecule has 0 aromatic carbocycles. The molecule has 0 fully saturated rings. The Morgan fingerprint density at radius 1 is 1.21 bits per heavy atom. The third kappa shape index (κ3) is 11.9. The van der Waals surface area contributed by atoms with Crippen LogP contribution in [-0.4, -0.2) is 41.2 Å². The lowest BCUT2D eigenvalue weighted by Gasteiger charge is -2.25. The number of carbonyl (C=O) groups excluding carboxylic acids is 1. The number of carboxylic acids is 1. The maximum atomic E-state index is 11.6. The molecule has 0 aromatic rings. The first kappa shape index (κ1) is 18.1. The van der Waals surface area contributed by atoms with E-state index in [-0.39, 0.29) is 12.5 Å². The number of nitrogens with one attached hydrogen (secondary N) is 2. The van der Waals surface area contributed by atoms with E-state index in [1.807, 2.05) is 25.6 Å². The molecule has 112 valence electrons. The van der Waals surface area contributed by atoms with E-state index in [9.17, 15) is 9.59 Å². The summed E-state index contributed by atoms with van der Waals surface area (Å²) in [5.74, 6) is 0.318. The number of carboxylic acid groups (broad SMARTS) is 1. The van der Waals surface area contributed by atoms with Gasteiger partial charge in [-0.15, -0.1) is 0 Å². The summed E-state index contributed by atoms with van der Waals surface area (Å²) in [6.45, 7) is 4.32. The molecule has 2 amide bonds. The van der Waals surface area contributed by atoms with Crippen LogP contribution in [0, 0.1) is 0 Å². The highest BCUT2D eigenvalue weighted by atomic mass is 32.2. The van der Waals surface area contributed by atoms with Gasteiger partial charge in [-0.1, -0.05) is 6.42 Å². The second-order valence-corrected chi connectivity index (χ2v) is 6.20. The van der Waals surface area contributed by atoms with Crippen LogP contribution < -0.4 is 10.6 Å². The monoisotopic (exact) mass is 290 g/mol. The number of rotatable bonds is 10. The fraction of sp³-hybridized carbons (Fsp3) is 0.846. The Balaban J connectivity index is 3.69. The molecular formula is C13H26N2O3S. The van der Waals surface area contributed by atoms with Gasteiger partial charge in [-0.25, -0.2) is 4.79 Å². The van der Waals surface area contributed by atoms with Crippen LogP contribution in [0.25, 0.3) is 0 Å². The number of hydrogen-bond acceptors (Lipinski definition) is 3. The second-order valence-electron chi connectivity index (χ2n) is 5.21. The SMILES string of the molecule is CSCCCCCNC(=O)NC(C)(C)CCC(=O)O. The average Bonchev–Trinajstić information content (AvgIpc) is 2.31. The number of carbonyl (C=O) groups is 2. The predicted molar refractivity (Wildman–Crippen MR) is 79.7 cm³/mol. The fourth-order valence-electron chi connectivity index (χ4n) is 1.58. The predicted octanol–water partition coefficient (Wildman–Crippen LogP) is 2.46. The zero-order valence-electron chi connectivity index (χ0n) is 12.1. The van der Waals surface area contributed by atoms with E-state index in [1.54, 1.807) is 0 Å². The average molecular weight is 290 g/mol. The van der Waals surface area contributed by atoms with Crippen molar-refractivity contribution in [3.05, 3.63) is 0 Å². The van der Waals surface area contributed by atoms with Crippen molar-refractivity contribution in [1.29, 1.82) is 0 Å². The minimum absolute atomic E-state index is 0.0575. The van der Waals surface area contributed by atoms with Gasteiger partial charge in [-0.05, 0) is 45.1 Å². The summed E-state index contributed by atoms with van der Waals surface area (Å²) < 4.78 is 0. The van der Waals surface area contributed by atoms with Crippen LogP contribution in [-0.2, 0) is 4.79 Å². The molecule has 0 atom stereocenters. The molecule has 0 saturated heterocycles. The summed E-state index contributed by atoms with van der Waals surface area (Å²) in [4.78, 5) is 22.1. The van der Waals surface area contributed by atoms with E-state index in [2.05, 4.69) is 16.9 Å². The minimum atomic E-state index is -0.843. The molecule has 0 radical (unpaired) electrons. The van der Waals surface area contributed by atoms with E-state index in [4.69, 9.17) is 5.11 Å². The molecule has 0 rings (SSSR count). The Hall–Kier alpha value is -0.910. The Bertz CT molecular complexity index is 283. The third-order valence-corrected chi connectivity index (χ3v) is 3.42. The molecule has 0 unspecified atom stereocenters.